The number of allylic oxidation sites excluding steroid dienone is 2. The molecular formula is C29H27ClF2N4O3. The molecule has 0 aromatic heterocycles. The van der Waals surface area contributed by atoms with E-state index in [1.165, 1.54) is 12.3 Å². The van der Waals surface area contributed by atoms with Gasteiger partial charge in [-0.2, -0.15) is 0 Å². The molecular weight excluding hydrogens is 526 g/mol. The largest absolute Gasteiger partial charge is 0.399 e. The van der Waals surface area contributed by atoms with Crippen LogP contribution in [0, 0.1) is 17.6 Å². The van der Waals surface area contributed by atoms with E-state index in [9.17, 15) is 23.6 Å². The van der Waals surface area contributed by atoms with Gasteiger partial charge >= 0.3 is 0 Å². The summed E-state index contributed by atoms with van der Waals surface area (Å²) in [6.45, 7) is 1.97. The zero-order chi connectivity index (χ0) is 27.8. The maximum Gasteiger partial charge on any atom is 0.249 e. The van der Waals surface area contributed by atoms with Gasteiger partial charge < -0.3 is 10.6 Å². The van der Waals surface area contributed by atoms with Gasteiger partial charge in [0.15, 0.2) is 5.82 Å². The van der Waals surface area contributed by atoms with Gasteiger partial charge in [-0.3, -0.25) is 14.8 Å². The topological polar surface area (TPSA) is 99.2 Å². The van der Waals surface area contributed by atoms with E-state index in [1.54, 1.807) is 42.2 Å². The first-order valence-electron chi connectivity index (χ1n) is 12.7. The minimum Gasteiger partial charge on any atom is -0.399 e. The molecule has 2 amide bonds. The second-order valence-corrected chi connectivity index (χ2v) is 10.3. The summed E-state index contributed by atoms with van der Waals surface area (Å²) in [6, 6.07) is 6.76. The molecule has 10 heteroatoms. The molecule has 0 saturated carbocycles. The number of carbonyl (C=O) groups excluding carboxylic acids is 2. The number of hydrogen-bond acceptors (Lipinski definition) is 5. The summed E-state index contributed by atoms with van der Waals surface area (Å²) in [6.07, 6.45) is 7.87. The third kappa shape index (κ3) is 5.24. The highest BCUT2D eigenvalue weighted by Crippen LogP contribution is 2.34. The molecule has 0 unspecified atom stereocenters. The number of nitrogen functional groups attached to an aromatic ring is 1. The van der Waals surface area contributed by atoms with Crippen LogP contribution >= 0.6 is 11.6 Å². The number of halogens is 3. The van der Waals surface area contributed by atoms with Gasteiger partial charge in [0.05, 0.1) is 27.7 Å². The molecule has 5 rings (SSSR count). The summed E-state index contributed by atoms with van der Waals surface area (Å²) in [5, 5.41) is 12.7. The Hall–Kier alpha value is -3.82. The predicted molar refractivity (Wildman–Crippen MR) is 143 cm³/mol. The van der Waals surface area contributed by atoms with Gasteiger partial charge in [0, 0.05) is 35.6 Å². The van der Waals surface area contributed by atoms with Crippen LogP contribution in [0.2, 0.25) is 5.02 Å². The third-order valence-corrected chi connectivity index (χ3v) is 7.64. The first kappa shape index (κ1) is 26.8. The van der Waals surface area contributed by atoms with Crippen molar-refractivity contribution in [3.8, 4) is 0 Å². The Morgan fingerprint density at radius 1 is 1.13 bits per heavy atom. The summed E-state index contributed by atoms with van der Waals surface area (Å²) >= 11 is 5.87. The van der Waals surface area contributed by atoms with Crippen LogP contribution in [0.4, 0.5) is 14.5 Å². The highest BCUT2D eigenvalue weighted by Gasteiger charge is 2.33. The number of hydrogen-bond donors (Lipinski definition) is 2. The molecule has 2 aromatic rings. The Morgan fingerprint density at radius 2 is 1.92 bits per heavy atom. The second kappa shape index (κ2) is 10.7. The fraction of sp³-hybridized carbons (Fsp3) is 0.276. The lowest BCUT2D eigenvalue weighted by molar-refractivity contribution is -0.129. The molecule has 3 heterocycles. The molecule has 7 nitrogen and oxygen atoms in total. The standard InChI is InChI=1S/C29H27ClF2N4O3/c1-16-3-2-4-24(35-11-9-18(14-26(35)37)27-22(31)8-7-21(30)28(27)32)25-13-17(10-12-36(25)39)20-6-5-19(33)15-23(20)34-29(16)38/h5-8,10,12-16,24,39H,2-4,9,11,33H2,1H3/t16-,24+/m1/s1. The molecule has 3 aliphatic heterocycles. The summed E-state index contributed by atoms with van der Waals surface area (Å²) in [4.78, 5) is 32.2. The zero-order valence-corrected chi connectivity index (χ0v) is 22.0. The van der Waals surface area contributed by atoms with Gasteiger partial charge in [0.1, 0.15) is 5.82 Å². The van der Waals surface area contributed by atoms with Crippen molar-refractivity contribution in [2.45, 2.75) is 38.6 Å². The number of benzene rings is 2. The van der Waals surface area contributed by atoms with Crippen molar-refractivity contribution in [3.63, 3.8) is 0 Å². The molecule has 2 aromatic carbocycles. The molecule has 0 aliphatic carbocycles. The number of carbonyl (C=O) groups is 2. The number of rotatable bonds is 2. The maximum atomic E-state index is 14.7. The number of nitrogens with zero attached hydrogens (tertiary/aromatic N) is 3. The van der Waals surface area contributed by atoms with Gasteiger partial charge in [0.2, 0.25) is 11.8 Å². The van der Waals surface area contributed by atoms with Crippen molar-refractivity contribution < 1.29 is 23.6 Å². The molecule has 0 radical (unpaired) electrons. The Balaban J connectivity index is 1.60. The zero-order valence-electron chi connectivity index (χ0n) is 21.2. The van der Waals surface area contributed by atoms with Crippen molar-refractivity contribution >= 4 is 40.2 Å². The lowest BCUT2D eigenvalue weighted by Gasteiger charge is -2.38. The van der Waals surface area contributed by atoms with Crippen molar-refractivity contribution in [2.75, 3.05) is 12.3 Å². The Bertz CT molecular complexity index is 1580. The maximum absolute atomic E-state index is 14.7. The van der Waals surface area contributed by atoms with Crippen LogP contribution in [-0.4, -0.2) is 39.6 Å². The molecule has 2 bridgehead atoms. The van der Waals surface area contributed by atoms with Crippen molar-refractivity contribution in [3.05, 3.63) is 93.3 Å². The number of anilines is 1. The van der Waals surface area contributed by atoms with Gasteiger partial charge in [-0.15, -0.1) is 0 Å². The molecule has 0 fully saturated rings. The lowest BCUT2D eigenvalue weighted by Crippen LogP contribution is -2.46. The summed E-state index contributed by atoms with van der Waals surface area (Å²) < 4.78 is 29.2. The fourth-order valence-corrected chi connectivity index (χ4v) is 5.39. The van der Waals surface area contributed by atoms with E-state index in [0.29, 0.717) is 46.8 Å². The van der Waals surface area contributed by atoms with Gasteiger partial charge in [0.25, 0.3) is 0 Å². The highest BCUT2D eigenvalue weighted by molar-refractivity contribution is 6.31. The van der Waals surface area contributed by atoms with E-state index >= 15 is 0 Å². The van der Waals surface area contributed by atoms with Crippen molar-refractivity contribution in [1.29, 1.82) is 0 Å². The Labute approximate surface area is 228 Å². The van der Waals surface area contributed by atoms with E-state index in [2.05, 4.69) is 4.99 Å². The van der Waals surface area contributed by atoms with Gasteiger partial charge in [-0.25, -0.2) is 18.8 Å². The molecule has 0 saturated heterocycles. The minimum absolute atomic E-state index is 0.169. The second-order valence-electron chi connectivity index (χ2n) is 9.93. The predicted octanol–water partition coefficient (Wildman–Crippen LogP) is 4.10. The Morgan fingerprint density at radius 3 is 2.69 bits per heavy atom. The SMILES string of the molecule is C[C@@H]1CCC[C@H](N2CCC(c3c(F)ccc(Cl)c3F)=CC2=O)C2=CC(=c3ccc(N)cc3=NC1=O)C=CN2O. The number of nitrogens with two attached hydrogens (primary N) is 1. The van der Waals surface area contributed by atoms with E-state index in [0.717, 1.165) is 17.2 Å². The summed E-state index contributed by atoms with van der Waals surface area (Å²) in [7, 11) is 0. The van der Waals surface area contributed by atoms with E-state index in [-0.39, 0.29) is 40.9 Å². The van der Waals surface area contributed by atoms with Crippen LogP contribution in [0.15, 0.2) is 65.4 Å². The molecule has 3 N–H and O–H groups in total. The van der Waals surface area contributed by atoms with Crippen LogP contribution < -0.4 is 16.3 Å². The number of amides is 2. The van der Waals surface area contributed by atoms with E-state index in [4.69, 9.17) is 17.3 Å². The summed E-state index contributed by atoms with van der Waals surface area (Å²) in [5.41, 5.74) is 7.50. The van der Waals surface area contributed by atoms with Crippen LogP contribution in [0.3, 0.4) is 0 Å². The van der Waals surface area contributed by atoms with Gasteiger partial charge in [-0.1, -0.05) is 31.0 Å². The first-order chi connectivity index (χ1) is 18.6. The highest BCUT2D eigenvalue weighted by atomic mass is 35.5. The normalized spacial score (nSPS) is 21.9. The molecule has 202 valence electrons. The molecule has 2 atom stereocenters. The average Bonchev–Trinajstić information content (AvgIpc) is 2.90. The van der Waals surface area contributed by atoms with Crippen molar-refractivity contribution in [1.82, 2.24) is 9.96 Å². The monoisotopic (exact) mass is 552 g/mol. The molecule has 39 heavy (non-hydrogen) atoms. The van der Waals surface area contributed by atoms with Crippen LogP contribution in [0.1, 0.15) is 38.2 Å². The van der Waals surface area contributed by atoms with Crippen LogP contribution in [-0.2, 0) is 9.59 Å². The molecule has 0 spiro atoms. The average molecular weight is 553 g/mol. The number of hydroxylamine groups is 2. The first-order valence-corrected chi connectivity index (χ1v) is 13.1. The smallest absolute Gasteiger partial charge is 0.249 e. The van der Waals surface area contributed by atoms with E-state index < -0.39 is 23.6 Å². The van der Waals surface area contributed by atoms with Crippen LogP contribution in [0.5, 0.6) is 0 Å². The lowest BCUT2D eigenvalue weighted by atomic mass is 9.92. The Kier molecular flexibility index (Phi) is 7.38. The fourth-order valence-electron chi connectivity index (χ4n) is 5.23. The number of fused-ring (bicyclic) bond motifs is 2. The minimum atomic E-state index is -0.903. The molecule has 3 aliphatic rings. The van der Waals surface area contributed by atoms with Crippen molar-refractivity contribution in [2.24, 2.45) is 10.9 Å². The van der Waals surface area contributed by atoms with Gasteiger partial charge in [-0.05, 0) is 66.8 Å². The third-order valence-electron chi connectivity index (χ3n) is 7.35. The van der Waals surface area contributed by atoms with Crippen LogP contribution in [0.25, 0.3) is 11.1 Å². The van der Waals surface area contributed by atoms with E-state index in [1.807, 2.05) is 0 Å². The quantitative estimate of drug-likeness (QED) is 0.432. The summed E-state index contributed by atoms with van der Waals surface area (Å²) in [5.74, 6) is -2.76.